The summed E-state index contributed by atoms with van der Waals surface area (Å²) in [6.45, 7) is 1.65. The Morgan fingerprint density at radius 3 is 2.78 bits per heavy atom. The Kier molecular flexibility index (Phi) is 6.25. The average Bonchev–Trinajstić information content (AvgIpc) is 3.12. The molecule has 3 rings (SSSR count). The van der Waals surface area contributed by atoms with Gasteiger partial charge in [0.15, 0.2) is 0 Å². The number of hydrogen-bond donors (Lipinski definition) is 4. The molecule has 0 saturated carbocycles. The molecule has 0 aliphatic rings. The standard InChI is InChI=1S/C21H23N3O3/c1-27-18-7-8-19-17(14-23-20(19)12-18)10-11-22-13-16-4-2-15(3-5-16)6-9-21(25)24-26/h2-9,12,14,22-23,26H,10-11,13H2,1H3,(H,24,25). The summed E-state index contributed by atoms with van der Waals surface area (Å²) < 4.78 is 5.25. The van der Waals surface area contributed by atoms with Crippen LogP contribution in [0.3, 0.4) is 0 Å². The predicted molar refractivity (Wildman–Crippen MR) is 106 cm³/mol. The van der Waals surface area contributed by atoms with E-state index in [-0.39, 0.29) is 0 Å². The Balaban J connectivity index is 1.49. The second kappa shape index (κ2) is 9.02. The van der Waals surface area contributed by atoms with Crippen LogP contribution < -0.4 is 15.5 Å². The Hall–Kier alpha value is -3.09. The molecule has 2 aromatic carbocycles. The van der Waals surface area contributed by atoms with Gasteiger partial charge in [0, 0.05) is 35.8 Å². The number of hydroxylamine groups is 1. The van der Waals surface area contributed by atoms with Crippen LogP contribution in [0, 0.1) is 0 Å². The van der Waals surface area contributed by atoms with Crippen molar-refractivity contribution < 1.29 is 14.7 Å². The molecule has 4 N–H and O–H groups in total. The molecule has 0 bridgehead atoms. The lowest BCUT2D eigenvalue weighted by molar-refractivity contribution is -0.124. The molecule has 0 fully saturated rings. The zero-order chi connectivity index (χ0) is 19.1. The van der Waals surface area contributed by atoms with E-state index in [0.29, 0.717) is 0 Å². The number of rotatable bonds is 8. The van der Waals surface area contributed by atoms with E-state index in [1.165, 1.54) is 22.6 Å². The Morgan fingerprint density at radius 1 is 1.22 bits per heavy atom. The molecule has 6 nitrogen and oxygen atoms in total. The van der Waals surface area contributed by atoms with Crippen molar-refractivity contribution in [2.75, 3.05) is 13.7 Å². The normalized spacial score (nSPS) is 11.2. The molecule has 0 spiro atoms. The number of methoxy groups -OCH3 is 1. The maximum absolute atomic E-state index is 11.0. The molecular formula is C21H23N3O3. The van der Waals surface area contributed by atoms with Crippen molar-refractivity contribution in [1.82, 2.24) is 15.8 Å². The van der Waals surface area contributed by atoms with Gasteiger partial charge in [0.1, 0.15) is 5.75 Å². The van der Waals surface area contributed by atoms with E-state index >= 15 is 0 Å². The molecule has 0 unspecified atom stereocenters. The van der Waals surface area contributed by atoms with Crippen molar-refractivity contribution >= 4 is 22.9 Å². The van der Waals surface area contributed by atoms with Crippen LogP contribution >= 0.6 is 0 Å². The topological polar surface area (TPSA) is 86.4 Å². The van der Waals surface area contributed by atoms with Crippen molar-refractivity contribution in [3.63, 3.8) is 0 Å². The number of benzene rings is 2. The third kappa shape index (κ3) is 4.97. The van der Waals surface area contributed by atoms with Crippen LogP contribution in [0.4, 0.5) is 0 Å². The number of fused-ring (bicyclic) bond motifs is 1. The summed E-state index contributed by atoms with van der Waals surface area (Å²) in [4.78, 5) is 14.3. The molecule has 0 atom stereocenters. The molecule has 0 aliphatic carbocycles. The lowest BCUT2D eigenvalue weighted by Crippen LogP contribution is -2.16. The summed E-state index contributed by atoms with van der Waals surface area (Å²) >= 11 is 0. The average molecular weight is 365 g/mol. The molecule has 6 heteroatoms. The van der Waals surface area contributed by atoms with Crippen LogP contribution in [0.1, 0.15) is 16.7 Å². The molecule has 3 aromatic rings. The lowest BCUT2D eigenvalue weighted by Gasteiger charge is -2.05. The van der Waals surface area contributed by atoms with Gasteiger partial charge in [-0.1, -0.05) is 24.3 Å². The third-order valence-electron chi connectivity index (χ3n) is 4.39. The highest BCUT2D eigenvalue weighted by atomic mass is 16.5. The summed E-state index contributed by atoms with van der Waals surface area (Å²) in [7, 11) is 1.67. The van der Waals surface area contributed by atoms with Crippen molar-refractivity contribution in [1.29, 1.82) is 0 Å². The monoisotopic (exact) mass is 365 g/mol. The quantitative estimate of drug-likeness (QED) is 0.214. The van der Waals surface area contributed by atoms with E-state index in [0.717, 1.165) is 36.3 Å². The second-order valence-electron chi connectivity index (χ2n) is 6.20. The number of hydrogen-bond acceptors (Lipinski definition) is 4. The van der Waals surface area contributed by atoms with Gasteiger partial charge in [-0.2, -0.15) is 0 Å². The molecular weight excluding hydrogens is 342 g/mol. The van der Waals surface area contributed by atoms with Gasteiger partial charge in [-0.15, -0.1) is 0 Å². The van der Waals surface area contributed by atoms with Gasteiger partial charge in [-0.05, 0) is 47.9 Å². The van der Waals surface area contributed by atoms with Crippen LogP contribution in [-0.2, 0) is 17.8 Å². The third-order valence-corrected chi connectivity index (χ3v) is 4.39. The summed E-state index contributed by atoms with van der Waals surface area (Å²) in [5.41, 5.74) is 6.00. The zero-order valence-electron chi connectivity index (χ0n) is 15.2. The number of aromatic nitrogens is 1. The number of H-pyrrole nitrogens is 1. The zero-order valence-corrected chi connectivity index (χ0v) is 15.2. The molecule has 0 aliphatic heterocycles. The summed E-state index contributed by atoms with van der Waals surface area (Å²) in [5.74, 6) is 0.306. The second-order valence-corrected chi connectivity index (χ2v) is 6.20. The van der Waals surface area contributed by atoms with E-state index in [9.17, 15) is 4.79 Å². The van der Waals surface area contributed by atoms with Crippen LogP contribution in [0.2, 0.25) is 0 Å². The van der Waals surface area contributed by atoms with Gasteiger partial charge in [-0.3, -0.25) is 10.0 Å². The molecule has 1 aromatic heterocycles. The highest BCUT2D eigenvalue weighted by Gasteiger charge is 2.04. The van der Waals surface area contributed by atoms with Gasteiger partial charge in [0.05, 0.1) is 7.11 Å². The van der Waals surface area contributed by atoms with Gasteiger partial charge in [0.2, 0.25) is 0 Å². The Labute approximate surface area is 157 Å². The van der Waals surface area contributed by atoms with Gasteiger partial charge >= 0.3 is 0 Å². The van der Waals surface area contributed by atoms with E-state index in [1.807, 2.05) is 36.4 Å². The van der Waals surface area contributed by atoms with E-state index in [1.54, 1.807) is 18.7 Å². The number of amides is 1. The van der Waals surface area contributed by atoms with Crippen molar-refractivity contribution in [2.45, 2.75) is 13.0 Å². The van der Waals surface area contributed by atoms with E-state index in [4.69, 9.17) is 9.94 Å². The predicted octanol–water partition coefficient (Wildman–Crippen LogP) is 3.03. The molecule has 1 amide bonds. The first kappa shape index (κ1) is 18.7. The summed E-state index contributed by atoms with van der Waals surface area (Å²) in [6, 6.07) is 14.0. The fraction of sp³-hybridized carbons (Fsp3) is 0.190. The van der Waals surface area contributed by atoms with Crippen molar-refractivity contribution in [3.05, 3.63) is 71.4 Å². The highest BCUT2D eigenvalue weighted by molar-refractivity contribution is 5.90. The number of carbonyl (C=O) groups is 1. The number of ether oxygens (including phenoxy) is 1. The van der Waals surface area contributed by atoms with Crippen LogP contribution in [-0.4, -0.2) is 29.8 Å². The minimum absolute atomic E-state index is 0.545. The SMILES string of the molecule is COc1ccc2c(CCNCc3ccc(C=CC(=O)NO)cc3)c[nH]c2c1. The van der Waals surface area contributed by atoms with Gasteiger partial charge in [-0.25, -0.2) is 5.48 Å². The minimum Gasteiger partial charge on any atom is -0.497 e. The fourth-order valence-electron chi connectivity index (χ4n) is 2.91. The van der Waals surface area contributed by atoms with Crippen LogP contribution in [0.25, 0.3) is 17.0 Å². The molecule has 0 radical (unpaired) electrons. The van der Waals surface area contributed by atoms with Crippen molar-refractivity contribution in [3.8, 4) is 5.75 Å². The minimum atomic E-state index is -0.545. The lowest BCUT2D eigenvalue weighted by atomic mass is 10.1. The Bertz CT molecular complexity index is 929. The first-order valence-electron chi connectivity index (χ1n) is 8.75. The molecule has 27 heavy (non-hydrogen) atoms. The first-order valence-corrected chi connectivity index (χ1v) is 8.75. The number of carbonyl (C=O) groups excluding carboxylic acids is 1. The number of nitrogens with one attached hydrogen (secondary N) is 3. The largest absolute Gasteiger partial charge is 0.497 e. The number of aromatic amines is 1. The summed E-state index contributed by atoms with van der Waals surface area (Å²) in [5, 5.41) is 13.1. The fourth-order valence-corrected chi connectivity index (χ4v) is 2.91. The highest BCUT2D eigenvalue weighted by Crippen LogP contribution is 2.23. The van der Waals surface area contributed by atoms with Crippen LogP contribution in [0.5, 0.6) is 5.75 Å². The van der Waals surface area contributed by atoms with E-state index in [2.05, 4.69) is 22.6 Å². The Morgan fingerprint density at radius 2 is 2.04 bits per heavy atom. The molecule has 1 heterocycles. The van der Waals surface area contributed by atoms with E-state index < -0.39 is 5.91 Å². The van der Waals surface area contributed by atoms with Gasteiger partial charge < -0.3 is 15.0 Å². The van der Waals surface area contributed by atoms with Gasteiger partial charge in [0.25, 0.3) is 5.91 Å². The maximum atomic E-state index is 11.0. The maximum Gasteiger partial charge on any atom is 0.267 e. The molecule has 0 saturated heterocycles. The molecule has 140 valence electrons. The first-order chi connectivity index (χ1) is 13.2. The van der Waals surface area contributed by atoms with Crippen LogP contribution in [0.15, 0.2) is 54.7 Å². The van der Waals surface area contributed by atoms with Crippen molar-refractivity contribution in [2.24, 2.45) is 0 Å². The summed E-state index contributed by atoms with van der Waals surface area (Å²) in [6.07, 6.45) is 5.91. The smallest absolute Gasteiger partial charge is 0.267 e.